The van der Waals surface area contributed by atoms with E-state index in [1.807, 2.05) is 37.3 Å². The van der Waals surface area contributed by atoms with Crippen molar-refractivity contribution < 1.29 is 4.79 Å². The molecule has 1 aromatic carbocycles. The third-order valence-electron chi connectivity index (χ3n) is 5.79. The lowest BCUT2D eigenvalue weighted by atomic mass is 10.1. The molecule has 3 N–H and O–H groups in total. The maximum atomic E-state index is 11.8. The summed E-state index contributed by atoms with van der Waals surface area (Å²) in [7, 11) is 0. The number of aromatic amines is 2. The van der Waals surface area contributed by atoms with E-state index < -0.39 is 0 Å². The SMILES string of the molecule is CCC(=O)Nc1cncc(-c2ccc3[nH]nc(-c4nc5c(-c6ccc(C)s6)cccc5[nH]4)c3n2)c1. The summed E-state index contributed by atoms with van der Waals surface area (Å²) < 4.78 is 0. The number of thiophene rings is 1. The number of rotatable bonds is 5. The average molecular weight is 480 g/mol. The highest BCUT2D eigenvalue weighted by molar-refractivity contribution is 7.15. The van der Waals surface area contributed by atoms with Crippen LogP contribution in [0.5, 0.6) is 0 Å². The number of hydrogen-bond acceptors (Lipinski definition) is 6. The molecule has 0 atom stereocenters. The summed E-state index contributed by atoms with van der Waals surface area (Å²) in [5.41, 5.74) is 7.26. The molecule has 6 aromatic rings. The first-order valence-corrected chi connectivity index (χ1v) is 12.1. The number of fused-ring (bicyclic) bond motifs is 2. The van der Waals surface area contributed by atoms with E-state index >= 15 is 0 Å². The van der Waals surface area contributed by atoms with Crippen molar-refractivity contribution >= 4 is 45.0 Å². The van der Waals surface area contributed by atoms with Gasteiger partial charge in [-0.1, -0.05) is 19.1 Å². The molecule has 0 aliphatic carbocycles. The molecule has 9 heteroatoms. The van der Waals surface area contributed by atoms with Crippen LogP contribution in [0.3, 0.4) is 0 Å². The fourth-order valence-electron chi connectivity index (χ4n) is 4.04. The predicted molar refractivity (Wildman–Crippen MR) is 139 cm³/mol. The van der Waals surface area contributed by atoms with Crippen molar-refractivity contribution in [1.82, 2.24) is 30.1 Å². The maximum absolute atomic E-state index is 11.8. The Bertz CT molecular complexity index is 1710. The van der Waals surface area contributed by atoms with E-state index in [-0.39, 0.29) is 5.91 Å². The molecule has 0 fully saturated rings. The van der Waals surface area contributed by atoms with Crippen molar-refractivity contribution in [1.29, 1.82) is 0 Å². The Balaban J connectivity index is 1.43. The first kappa shape index (κ1) is 21.2. The van der Waals surface area contributed by atoms with Gasteiger partial charge in [-0.05, 0) is 43.3 Å². The number of imidazole rings is 1. The van der Waals surface area contributed by atoms with E-state index in [0.29, 0.717) is 29.1 Å². The van der Waals surface area contributed by atoms with Crippen LogP contribution < -0.4 is 5.32 Å². The van der Waals surface area contributed by atoms with E-state index in [1.54, 1.807) is 23.7 Å². The van der Waals surface area contributed by atoms with Crippen LogP contribution in [0.15, 0.2) is 60.9 Å². The Labute approximate surface area is 204 Å². The lowest BCUT2D eigenvalue weighted by Gasteiger charge is -2.06. The molecule has 8 nitrogen and oxygen atoms in total. The highest BCUT2D eigenvalue weighted by Crippen LogP contribution is 2.34. The van der Waals surface area contributed by atoms with E-state index in [2.05, 4.69) is 50.6 Å². The third kappa shape index (κ3) is 3.85. The standard InChI is InChI=1S/C26H21N7OS/c1-3-22(34)28-16-11-15(12-27-13-16)18-8-9-20-24(29-18)25(33-32-20)26-30-19-6-4-5-17(23(19)31-26)21-10-7-14(2)35-21/h4-13H,3H2,1-2H3,(H,28,34)(H,30,31)(H,32,33). The fourth-order valence-corrected chi connectivity index (χ4v) is 4.94. The van der Waals surface area contributed by atoms with Gasteiger partial charge >= 0.3 is 0 Å². The van der Waals surface area contributed by atoms with Gasteiger partial charge in [-0.25, -0.2) is 9.97 Å². The van der Waals surface area contributed by atoms with Crippen LogP contribution in [0, 0.1) is 6.92 Å². The smallest absolute Gasteiger partial charge is 0.224 e. The first-order valence-electron chi connectivity index (χ1n) is 11.3. The zero-order valence-corrected chi connectivity index (χ0v) is 19.9. The summed E-state index contributed by atoms with van der Waals surface area (Å²) in [5, 5.41) is 10.4. The van der Waals surface area contributed by atoms with Crippen molar-refractivity contribution in [2.45, 2.75) is 20.3 Å². The second-order valence-corrected chi connectivity index (χ2v) is 9.51. The van der Waals surface area contributed by atoms with Crippen molar-refractivity contribution in [3.8, 4) is 33.2 Å². The van der Waals surface area contributed by atoms with Crippen LogP contribution in [-0.4, -0.2) is 36.0 Å². The number of pyridine rings is 2. The van der Waals surface area contributed by atoms with Gasteiger partial charge in [-0.15, -0.1) is 11.3 Å². The molecule has 0 radical (unpaired) electrons. The van der Waals surface area contributed by atoms with Crippen LogP contribution in [0.4, 0.5) is 5.69 Å². The zero-order chi connectivity index (χ0) is 23.9. The largest absolute Gasteiger partial charge is 0.336 e. The molecule has 0 aliphatic rings. The number of hydrogen-bond donors (Lipinski definition) is 3. The molecular weight excluding hydrogens is 458 g/mol. The van der Waals surface area contributed by atoms with E-state index in [1.165, 1.54) is 9.75 Å². The molecule has 0 aliphatic heterocycles. The number of aryl methyl sites for hydroxylation is 1. The number of anilines is 1. The summed E-state index contributed by atoms with van der Waals surface area (Å²) in [6, 6.07) is 16.1. The number of aromatic nitrogens is 6. The fraction of sp³-hybridized carbons (Fsp3) is 0.115. The summed E-state index contributed by atoms with van der Waals surface area (Å²) in [4.78, 5) is 31.7. The lowest BCUT2D eigenvalue weighted by Crippen LogP contribution is -2.09. The van der Waals surface area contributed by atoms with Gasteiger partial charge in [0.25, 0.3) is 0 Å². The minimum Gasteiger partial charge on any atom is -0.336 e. The molecular formula is C26H21N7OS. The molecule has 35 heavy (non-hydrogen) atoms. The van der Waals surface area contributed by atoms with Gasteiger partial charge in [0, 0.05) is 33.5 Å². The van der Waals surface area contributed by atoms with E-state index in [9.17, 15) is 4.79 Å². The summed E-state index contributed by atoms with van der Waals surface area (Å²) in [5.74, 6) is 0.588. The van der Waals surface area contributed by atoms with Crippen LogP contribution in [0.1, 0.15) is 18.2 Å². The molecule has 0 spiro atoms. The van der Waals surface area contributed by atoms with Gasteiger partial charge in [0.2, 0.25) is 5.91 Å². The van der Waals surface area contributed by atoms with E-state index in [0.717, 1.165) is 33.4 Å². The Morgan fingerprint density at radius 1 is 1.03 bits per heavy atom. The minimum absolute atomic E-state index is 0.0635. The second-order valence-electron chi connectivity index (χ2n) is 8.23. The average Bonchev–Trinajstić information content (AvgIpc) is 3.61. The number of para-hydroxylation sites is 1. The van der Waals surface area contributed by atoms with E-state index in [4.69, 9.17) is 9.97 Å². The van der Waals surface area contributed by atoms with Crippen LogP contribution in [-0.2, 0) is 4.79 Å². The lowest BCUT2D eigenvalue weighted by molar-refractivity contribution is -0.115. The predicted octanol–water partition coefficient (Wildman–Crippen LogP) is 5.95. The van der Waals surface area contributed by atoms with Crippen molar-refractivity contribution in [3.05, 3.63) is 65.8 Å². The number of benzene rings is 1. The third-order valence-corrected chi connectivity index (χ3v) is 6.82. The number of H-pyrrole nitrogens is 2. The number of nitrogens with one attached hydrogen (secondary N) is 3. The first-order chi connectivity index (χ1) is 17.1. The summed E-state index contributed by atoms with van der Waals surface area (Å²) >= 11 is 1.75. The van der Waals surface area contributed by atoms with Gasteiger partial charge in [0.1, 0.15) is 5.52 Å². The molecule has 0 bridgehead atoms. The van der Waals surface area contributed by atoms with Gasteiger partial charge in [-0.2, -0.15) is 5.10 Å². The quantitative estimate of drug-likeness (QED) is 0.283. The monoisotopic (exact) mass is 479 g/mol. The van der Waals surface area contributed by atoms with Gasteiger partial charge in [-0.3, -0.25) is 14.9 Å². The molecule has 0 saturated heterocycles. The van der Waals surface area contributed by atoms with Crippen LogP contribution in [0.2, 0.25) is 0 Å². The maximum Gasteiger partial charge on any atom is 0.224 e. The number of carbonyl (C=O) groups is 1. The highest BCUT2D eigenvalue weighted by Gasteiger charge is 2.17. The van der Waals surface area contributed by atoms with Crippen molar-refractivity contribution in [3.63, 3.8) is 0 Å². The van der Waals surface area contributed by atoms with Gasteiger partial charge in [0.05, 0.1) is 34.1 Å². The topological polar surface area (TPSA) is 112 Å². The van der Waals surface area contributed by atoms with Gasteiger partial charge in [0.15, 0.2) is 11.5 Å². The Morgan fingerprint density at radius 3 is 2.77 bits per heavy atom. The van der Waals surface area contributed by atoms with Crippen LogP contribution >= 0.6 is 11.3 Å². The molecule has 5 heterocycles. The summed E-state index contributed by atoms with van der Waals surface area (Å²) in [6.45, 7) is 3.91. The highest BCUT2D eigenvalue weighted by atomic mass is 32.1. The Hall–Kier alpha value is -4.37. The summed E-state index contributed by atoms with van der Waals surface area (Å²) in [6.07, 6.45) is 3.75. The number of carbonyl (C=O) groups excluding carboxylic acids is 1. The molecule has 1 amide bonds. The second kappa shape index (κ2) is 8.44. The molecule has 6 rings (SSSR count). The Kier molecular flexibility index (Phi) is 5.11. The van der Waals surface area contributed by atoms with Crippen LogP contribution in [0.25, 0.3) is 55.3 Å². The molecule has 5 aromatic heterocycles. The normalized spacial score (nSPS) is 11.4. The molecule has 172 valence electrons. The number of nitrogens with zero attached hydrogens (tertiary/aromatic N) is 4. The Morgan fingerprint density at radius 2 is 1.94 bits per heavy atom. The molecule has 0 unspecified atom stereocenters. The van der Waals surface area contributed by atoms with Crippen molar-refractivity contribution in [2.75, 3.05) is 5.32 Å². The zero-order valence-electron chi connectivity index (χ0n) is 19.1. The van der Waals surface area contributed by atoms with Gasteiger partial charge < -0.3 is 10.3 Å². The minimum atomic E-state index is -0.0635. The van der Waals surface area contributed by atoms with Crippen molar-refractivity contribution in [2.24, 2.45) is 0 Å². The molecule has 0 saturated carbocycles. The number of amides is 1.